The topological polar surface area (TPSA) is 63.6 Å². The van der Waals surface area contributed by atoms with Crippen LogP contribution in [0.15, 0.2) is 48.5 Å². The first-order valence-electron chi connectivity index (χ1n) is 5.38. The third kappa shape index (κ3) is 3.11. The molecule has 96 valence electrons. The predicted octanol–water partition coefficient (Wildman–Crippen LogP) is 3.21. The van der Waals surface area contributed by atoms with E-state index >= 15 is 0 Å². The van der Waals surface area contributed by atoms with Gasteiger partial charge in [-0.15, -0.1) is 0 Å². The zero-order chi connectivity index (χ0) is 13.8. The van der Waals surface area contributed by atoms with E-state index in [0.717, 1.165) is 3.57 Å². The molecule has 2 aromatic rings. The lowest BCUT2D eigenvalue weighted by Gasteiger charge is -2.07. The Hall–Kier alpha value is -1.89. The van der Waals surface area contributed by atoms with E-state index in [1.807, 2.05) is 28.7 Å². The lowest BCUT2D eigenvalue weighted by Crippen LogP contribution is -2.14. The number of para-hydroxylation sites is 1. The summed E-state index contributed by atoms with van der Waals surface area (Å²) in [6.07, 6.45) is 0. The number of ether oxygens (including phenoxy) is 1. The van der Waals surface area contributed by atoms with Crippen molar-refractivity contribution in [3.05, 3.63) is 63.2 Å². The molecule has 0 radical (unpaired) electrons. The van der Waals surface area contributed by atoms with Crippen molar-refractivity contribution in [2.75, 3.05) is 0 Å². The summed E-state index contributed by atoms with van der Waals surface area (Å²) in [7, 11) is 0. The zero-order valence-corrected chi connectivity index (χ0v) is 11.8. The highest BCUT2D eigenvalue weighted by atomic mass is 127. The first-order chi connectivity index (χ1) is 9.09. The van der Waals surface area contributed by atoms with Crippen molar-refractivity contribution in [1.29, 1.82) is 0 Å². The molecule has 2 rings (SSSR count). The average Bonchev–Trinajstić information content (AvgIpc) is 2.41. The Bertz CT molecular complexity index is 637. The highest BCUT2D eigenvalue weighted by molar-refractivity contribution is 14.1. The second-order valence-corrected chi connectivity index (χ2v) is 4.83. The third-order valence-corrected chi connectivity index (χ3v) is 3.31. The van der Waals surface area contributed by atoms with Gasteiger partial charge < -0.3 is 9.84 Å². The lowest BCUT2D eigenvalue weighted by atomic mass is 10.1. The van der Waals surface area contributed by atoms with Gasteiger partial charge in [0.15, 0.2) is 0 Å². The monoisotopic (exact) mass is 368 g/mol. The maximum absolute atomic E-state index is 12.0. The molecule has 0 bridgehead atoms. The molecule has 0 heterocycles. The van der Waals surface area contributed by atoms with Crippen molar-refractivity contribution in [3.63, 3.8) is 0 Å². The van der Waals surface area contributed by atoms with E-state index in [1.54, 1.807) is 30.3 Å². The van der Waals surface area contributed by atoms with Crippen LogP contribution in [0, 0.1) is 3.57 Å². The Kier molecular flexibility index (Phi) is 4.16. The molecule has 0 saturated carbocycles. The number of carbonyl (C=O) groups excluding carboxylic acids is 1. The van der Waals surface area contributed by atoms with Gasteiger partial charge in [-0.2, -0.15) is 0 Å². The minimum absolute atomic E-state index is 0.0367. The summed E-state index contributed by atoms with van der Waals surface area (Å²) in [5.41, 5.74) is -0.0342. The van der Waals surface area contributed by atoms with Gasteiger partial charge in [-0.05, 0) is 46.9 Å². The summed E-state index contributed by atoms with van der Waals surface area (Å²) >= 11 is 2.04. The van der Waals surface area contributed by atoms with E-state index in [9.17, 15) is 9.59 Å². The molecule has 1 N–H and O–H groups in total. The molecule has 0 aliphatic heterocycles. The van der Waals surface area contributed by atoms with Crippen molar-refractivity contribution in [2.45, 2.75) is 0 Å². The fourth-order valence-electron chi connectivity index (χ4n) is 1.53. The largest absolute Gasteiger partial charge is 0.478 e. The van der Waals surface area contributed by atoms with Gasteiger partial charge in [0.05, 0.1) is 14.7 Å². The molecule has 0 aromatic heterocycles. The molecule has 0 fully saturated rings. The Labute approximate surface area is 123 Å². The molecule has 0 aliphatic carbocycles. The Morgan fingerprint density at radius 1 is 0.947 bits per heavy atom. The quantitative estimate of drug-likeness (QED) is 0.514. The van der Waals surface area contributed by atoms with Gasteiger partial charge in [-0.1, -0.05) is 24.3 Å². The first-order valence-corrected chi connectivity index (χ1v) is 6.46. The number of carboxylic acids is 1. The molecule has 0 unspecified atom stereocenters. The summed E-state index contributed by atoms with van der Waals surface area (Å²) in [4.78, 5) is 23.0. The minimum atomic E-state index is -1.16. The number of esters is 1. The molecule has 0 amide bonds. The number of carbonyl (C=O) groups is 2. The van der Waals surface area contributed by atoms with Gasteiger partial charge in [-0.25, -0.2) is 9.59 Å². The molecule has 4 nitrogen and oxygen atoms in total. The number of halogens is 1. The van der Waals surface area contributed by atoms with Crippen molar-refractivity contribution in [3.8, 4) is 5.75 Å². The van der Waals surface area contributed by atoms with E-state index in [-0.39, 0.29) is 11.1 Å². The van der Waals surface area contributed by atoms with Crippen molar-refractivity contribution < 1.29 is 19.4 Å². The predicted molar refractivity (Wildman–Crippen MR) is 77.5 cm³/mol. The third-order valence-electron chi connectivity index (χ3n) is 2.42. The van der Waals surface area contributed by atoms with Gasteiger partial charge in [0.2, 0.25) is 0 Å². The molecule has 5 heteroatoms. The Morgan fingerprint density at radius 2 is 1.53 bits per heavy atom. The van der Waals surface area contributed by atoms with Crippen molar-refractivity contribution in [1.82, 2.24) is 0 Å². The number of hydrogen-bond acceptors (Lipinski definition) is 3. The number of benzene rings is 2. The van der Waals surface area contributed by atoms with E-state index in [1.165, 1.54) is 12.1 Å². The van der Waals surface area contributed by atoms with Crippen LogP contribution >= 0.6 is 22.6 Å². The maximum atomic E-state index is 12.0. The van der Waals surface area contributed by atoms with Crippen LogP contribution in [0.4, 0.5) is 0 Å². The molecule has 0 aliphatic rings. The number of hydrogen-bond donors (Lipinski definition) is 1. The van der Waals surface area contributed by atoms with Gasteiger partial charge in [0, 0.05) is 0 Å². The summed E-state index contributed by atoms with van der Waals surface area (Å²) < 4.78 is 5.99. The highest BCUT2D eigenvalue weighted by Gasteiger charge is 2.18. The summed E-state index contributed by atoms with van der Waals surface area (Å²) in [6.45, 7) is 0. The maximum Gasteiger partial charge on any atom is 0.344 e. The molecule has 0 atom stereocenters. The molecule has 19 heavy (non-hydrogen) atoms. The highest BCUT2D eigenvalue weighted by Crippen LogP contribution is 2.21. The van der Waals surface area contributed by atoms with E-state index < -0.39 is 11.9 Å². The van der Waals surface area contributed by atoms with Gasteiger partial charge in [0.1, 0.15) is 5.75 Å². The summed E-state index contributed by atoms with van der Waals surface area (Å²) in [6, 6.07) is 13.0. The first kappa shape index (κ1) is 13.5. The fourth-order valence-corrected chi connectivity index (χ4v) is 2.03. The van der Waals surface area contributed by atoms with Crippen LogP contribution in [0.1, 0.15) is 20.7 Å². The average molecular weight is 368 g/mol. The normalized spacial score (nSPS) is 9.95. The molecule has 0 spiro atoms. The van der Waals surface area contributed by atoms with Gasteiger partial charge in [0.25, 0.3) is 0 Å². The SMILES string of the molecule is O=C(O)c1ccccc1C(=O)Oc1ccccc1I. The van der Waals surface area contributed by atoms with E-state index in [4.69, 9.17) is 9.84 Å². The van der Waals surface area contributed by atoms with Crippen LogP contribution in [0.25, 0.3) is 0 Å². The van der Waals surface area contributed by atoms with Crippen LogP contribution in [0.5, 0.6) is 5.75 Å². The smallest absolute Gasteiger partial charge is 0.344 e. The van der Waals surface area contributed by atoms with Crippen molar-refractivity contribution in [2.24, 2.45) is 0 Å². The number of aromatic carboxylic acids is 1. The van der Waals surface area contributed by atoms with Crippen LogP contribution in [-0.4, -0.2) is 17.0 Å². The summed E-state index contributed by atoms with van der Waals surface area (Å²) in [5.74, 6) is -1.43. The second kappa shape index (κ2) is 5.83. The van der Waals surface area contributed by atoms with Crippen LogP contribution in [0.3, 0.4) is 0 Å². The van der Waals surface area contributed by atoms with Crippen LogP contribution < -0.4 is 4.74 Å². The lowest BCUT2D eigenvalue weighted by molar-refractivity contribution is 0.0667. The fraction of sp³-hybridized carbons (Fsp3) is 0. The number of rotatable bonds is 3. The number of carboxylic acid groups (broad SMARTS) is 1. The van der Waals surface area contributed by atoms with Gasteiger partial charge in [-0.3, -0.25) is 0 Å². The van der Waals surface area contributed by atoms with E-state index in [2.05, 4.69) is 0 Å². The Morgan fingerprint density at radius 3 is 2.16 bits per heavy atom. The molecular formula is C14H9IO4. The molecular weight excluding hydrogens is 359 g/mol. The van der Waals surface area contributed by atoms with Crippen LogP contribution in [0.2, 0.25) is 0 Å². The van der Waals surface area contributed by atoms with Gasteiger partial charge >= 0.3 is 11.9 Å². The van der Waals surface area contributed by atoms with Crippen molar-refractivity contribution >= 4 is 34.5 Å². The molecule has 0 saturated heterocycles. The standard InChI is InChI=1S/C14H9IO4/c15-11-7-3-4-8-12(11)19-14(18)10-6-2-1-5-9(10)13(16)17/h1-8H,(H,16,17). The Balaban J connectivity index is 2.31. The minimum Gasteiger partial charge on any atom is -0.478 e. The zero-order valence-electron chi connectivity index (χ0n) is 9.67. The van der Waals surface area contributed by atoms with Crippen LogP contribution in [-0.2, 0) is 0 Å². The van der Waals surface area contributed by atoms with E-state index in [0.29, 0.717) is 5.75 Å². The second-order valence-electron chi connectivity index (χ2n) is 3.67. The molecule has 2 aromatic carbocycles. The summed E-state index contributed by atoms with van der Waals surface area (Å²) in [5, 5.41) is 9.03.